The van der Waals surface area contributed by atoms with Crippen molar-refractivity contribution in [1.82, 2.24) is 0 Å². The molecule has 0 spiro atoms. The molecule has 0 aromatic heterocycles. The molecule has 0 aliphatic rings. The van der Waals surface area contributed by atoms with Gasteiger partial charge < -0.3 is 20.7 Å². The molecule has 0 saturated heterocycles. The second-order valence-corrected chi connectivity index (χ2v) is 4.02. The van der Waals surface area contributed by atoms with Crippen LogP contribution < -0.4 is 10.5 Å². The molecule has 0 amide bonds. The van der Waals surface area contributed by atoms with Crippen LogP contribution in [0.1, 0.15) is 18.0 Å². The fraction of sp³-hybridized carbons (Fsp3) is 0.400. The number of phenolic OH excluding ortho intramolecular Hbond substituents is 1. The van der Waals surface area contributed by atoms with Crippen molar-refractivity contribution in [2.45, 2.75) is 12.5 Å². The minimum absolute atomic E-state index is 0.0184. The number of aliphatic hydroxyl groups excluding tert-OH is 1. The predicted molar refractivity (Wildman–Crippen MR) is 61.0 cm³/mol. The lowest BCUT2D eigenvalue weighted by Gasteiger charge is -2.14. The van der Waals surface area contributed by atoms with Gasteiger partial charge in [-0.2, -0.15) is 0 Å². The van der Waals surface area contributed by atoms with Crippen LogP contribution in [-0.4, -0.2) is 23.9 Å². The number of aromatic hydroxyl groups is 1. The zero-order chi connectivity index (χ0) is 11.4. The van der Waals surface area contributed by atoms with Gasteiger partial charge in [0.1, 0.15) is 11.5 Å². The molecule has 0 heterocycles. The highest BCUT2D eigenvalue weighted by atomic mass is 79.9. The summed E-state index contributed by atoms with van der Waals surface area (Å²) >= 11 is 3.21. The Labute approximate surface area is 96.8 Å². The molecule has 15 heavy (non-hydrogen) atoms. The van der Waals surface area contributed by atoms with Crippen LogP contribution in [0.2, 0.25) is 0 Å². The molecule has 4 N–H and O–H groups in total. The Bertz CT molecular complexity index is 344. The molecule has 1 aromatic rings. The van der Waals surface area contributed by atoms with E-state index < -0.39 is 6.04 Å². The lowest BCUT2D eigenvalue weighted by atomic mass is 10.0. The summed E-state index contributed by atoms with van der Waals surface area (Å²) in [4.78, 5) is 0. The Morgan fingerprint density at radius 1 is 1.53 bits per heavy atom. The zero-order valence-corrected chi connectivity index (χ0v) is 9.99. The van der Waals surface area contributed by atoms with Crippen molar-refractivity contribution in [3.8, 4) is 11.5 Å². The van der Waals surface area contributed by atoms with Gasteiger partial charge in [0.25, 0.3) is 0 Å². The van der Waals surface area contributed by atoms with Crippen LogP contribution >= 0.6 is 15.9 Å². The average Bonchev–Trinajstić information content (AvgIpc) is 2.22. The van der Waals surface area contributed by atoms with Crippen molar-refractivity contribution >= 4 is 15.9 Å². The van der Waals surface area contributed by atoms with E-state index in [0.717, 1.165) is 0 Å². The molecule has 0 unspecified atom stereocenters. The Morgan fingerprint density at radius 3 is 2.73 bits per heavy atom. The van der Waals surface area contributed by atoms with Gasteiger partial charge in [-0.25, -0.2) is 0 Å². The molecule has 0 radical (unpaired) electrons. The van der Waals surface area contributed by atoms with E-state index in [0.29, 0.717) is 22.2 Å². The highest BCUT2D eigenvalue weighted by Crippen LogP contribution is 2.36. The Morgan fingerprint density at radius 2 is 2.20 bits per heavy atom. The van der Waals surface area contributed by atoms with Gasteiger partial charge in [-0.15, -0.1) is 0 Å². The average molecular weight is 276 g/mol. The van der Waals surface area contributed by atoms with E-state index in [1.165, 1.54) is 0 Å². The Balaban J connectivity index is 3.09. The van der Waals surface area contributed by atoms with E-state index >= 15 is 0 Å². The maximum atomic E-state index is 9.75. The molecular weight excluding hydrogens is 262 g/mol. The summed E-state index contributed by atoms with van der Waals surface area (Å²) < 4.78 is 5.59. The molecule has 5 heteroatoms. The van der Waals surface area contributed by atoms with Crippen LogP contribution in [-0.2, 0) is 0 Å². The van der Waals surface area contributed by atoms with Crippen molar-refractivity contribution in [1.29, 1.82) is 0 Å². The summed E-state index contributed by atoms with van der Waals surface area (Å²) in [6.45, 7) is -0.0184. The summed E-state index contributed by atoms with van der Waals surface area (Å²) in [5.41, 5.74) is 6.37. The van der Waals surface area contributed by atoms with Crippen LogP contribution in [0.5, 0.6) is 11.5 Å². The molecule has 1 aromatic carbocycles. The third-order valence-electron chi connectivity index (χ3n) is 2.14. The number of hydrogen-bond acceptors (Lipinski definition) is 4. The van der Waals surface area contributed by atoms with Gasteiger partial charge in [0.05, 0.1) is 11.6 Å². The first-order valence-corrected chi connectivity index (χ1v) is 5.32. The maximum Gasteiger partial charge on any atom is 0.134 e. The van der Waals surface area contributed by atoms with E-state index in [-0.39, 0.29) is 12.4 Å². The first-order valence-electron chi connectivity index (χ1n) is 4.53. The van der Waals surface area contributed by atoms with Crippen molar-refractivity contribution in [2.24, 2.45) is 5.73 Å². The fourth-order valence-electron chi connectivity index (χ4n) is 1.29. The lowest BCUT2D eigenvalue weighted by molar-refractivity contribution is 0.275. The number of rotatable bonds is 4. The van der Waals surface area contributed by atoms with Gasteiger partial charge >= 0.3 is 0 Å². The molecule has 0 fully saturated rings. The molecule has 0 bridgehead atoms. The summed E-state index contributed by atoms with van der Waals surface area (Å²) in [7, 11) is 1.54. The SMILES string of the molecule is COc1cc(Br)c(O)c([C@H](N)CCO)c1. The van der Waals surface area contributed by atoms with E-state index in [4.69, 9.17) is 15.6 Å². The first-order chi connectivity index (χ1) is 7.10. The van der Waals surface area contributed by atoms with Gasteiger partial charge in [0, 0.05) is 18.2 Å². The van der Waals surface area contributed by atoms with E-state index in [2.05, 4.69) is 15.9 Å². The van der Waals surface area contributed by atoms with Gasteiger partial charge in [-0.3, -0.25) is 0 Å². The highest BCUT2D eigenvalue weighted by molar-refractivity contribution is 9.10. The number of halogens is 1. The Hall–Kier alpha value is -0.780. The van der Waals surface area contributed by atoms with Gasteiger partial charge in [0.15, 0.2) is 0 Å². The molecule has 0 aliphatic heterocycles. The summed E-state index contributed by atoms with van der Waals surface area (Å²) in [6, 6.07) is 2.92. The molecule has 0 aliphatic carbocycles. The van der Waals surface area contributed by atoms with Gasteiger partial charge in [0.2, 0.25) is 0 Å². The van der Waals surface area contributed by atoms with Crippen LogP contribution in [0, 0.1) is 0 Å². The minimum Gasteiger partial charge on any atom is -0.506 e. The summed E-state index contributed by atoms with van der Waals surface area (Å²) in [6.07, 6.45) is 0.396. The topological polar surface area (TPSA) is 75.7 Å². The van der Waals surface area contributed by atoms with Crippen molar-refractivity contribution in [3.63, 3.8) is 0 Å². The van der Waals surface area contributed by atoms with Crippen LogP contribution in [0.25, 0.3) is 0 Å². The lowest BCUT2D eigenvalue weighted by Crippen LogP contribution is -2.12. The maximum absolute atomic E-state index is 9.75. The molecule has 4 nitrogen and oxygen atoms in total. The standard InChI is InChI=1S/C10H14BrNO3/c1-15-6-4-7(9(12)2-3-13)10(14)8(11)5-6/h4-5,9,13-14H,2-3,12H2,1H3/t9-/m1/s1. The van der Waals surface area contributed by atoms with Crippen LogP contribution in [0.15, 0.2) is 16.6 Å². The number of methoxy groups -OCH3 is 1. The van der Waals surface area contributed by atoms with E-state index in [1.54, 1.807) is 19.2 Å². The van der Waals surface area contributed by atoms with E-state index in [9.17, 15) is 5.11 Å². The van der Waals surface area contributed by atoms with Crippen molar-refractivity contribution < 1.29 is 14.9 Å². The van der Waals surface area contributed by atoms with E-state index in [1.807, 2.05) is 0 Å². The number of hydrogen-bond donors (Lipinski definition) is 3. The minimum atomic E-state index is -0.401. The molecular formula is C10H14BrNO3. The predicted octanol–water partition coefficient (Wildman–Crippen LogP) is 1.55. The zero-order valence-electron chi connectivity index (χ0n) is 8.40. The summed E-state index contributed by atoms with van der Waals surface area (Å²) in [5.74, 6) is 0.708. The number of nitrogens with two attached hydrogens (primary N) is 1. The van der Waals surface area contributed by atoms with Crippen LogP contribution in [0.3, 0.4) is 0 Å². The molecule has 1 atom stereocenters. The largest absolute Gasteiger partial charge is 0.506 e. The molecule has 0 saturated carbocycles. The third-order valence-corrected chi connectivity index (χ3v) is 2.75. The molecule has 1 rings (SSSR count). The second-order valence-electron chi connectivity index (χ2n) is 3.17. The van der Waals surface area contributed by atoms with Crippen LogP contribution in [0.4, 0.5) is 0 Å². The van der Waals surface area contributed by atoms with Crippen molar-refractivity contribution in [3.05, 3.63) is 22.2 Å². The molecule has 84 valence electrons. The Kier molecular flexibility index (Phi) is 4.38. The summed E-state index contributed by atoms with van der Waals surface area (Å²) in [5, 5.41) is 18.5. The first kappa shape index (κ1) is 12.3. The highest BCUT2D eigenvalue weighted by Gasteiger charge is 2.14. The number of ether oxygens (including phenoxy) is 1. The quantitative estimate of drug-likeness (QED) is 0.779. The van der Waals surface area contributed by atoms with Gasteiger partial charge in [-0.1, -0.05) is 0 Å². The second kappa shape index (κ2) is 5.34. The number of phenols is 1. The smallest absolute Gasteiger partial charge is 0.134 e. The van der Waals surface area contributed by atoms with Gasteiger partial charge in [-0.05, 0) is 34.5 Å². The number of benzene rings is 1. The fourth-order valence-corrected chi connectivity index (χ4v) is 1.74. The van der Waals surface area contributed by atoms with Crippen molar-refractivity contribution in [2.75, 3.05) is 13.7 Å². The number of aliphatic hydroxyl groups is 1. The third kappa shape index (κ3) is 2.84. The monoisotopic (exact) mass is 275 g/mol. The normalized spacial score (nSPS) is 12.5.